The van der Waals surface area contributed by atoms with Gasteiger partial charge in [-0.3, -0.25) is 9.48 Å². The number of amides is 1. The Balaban J connectivity index is 1.40. The number of benzene rings is 2. The zero-order valence-electron chi connectivity index (χ0n) is 18.7. The van der Waals surface area contributed by atoms with Crippen LogP contribution in [0.1, 0.15) is 42.5 Å². The fourth-order valence-corrected chi connectivity index (χ4v) is 5.27. The maximum Gasteiger partial charge on any atom is 0.239 e. The standard InChI is InChI=1S/C26H25Cl2N5O/c27-20-6-4-19(22(28)14-20)16-33-25-13-18(5-7-21(25)24(15-29)31-33)17-8-11-32(12-9-17)26(34)23-3-1-2-10-30-23/h4-8,13-14,23,30H,1-3,9-12,16H2. The molecule has 0 bridgehead atoms. The first-order chi connectivity index (χ1) is 16.5. The van der Waals surface area contributed by atoms with E-state index in [2.05, 4.69) is 28.6 Å². The summed E-state index contributed by atoms with van der Waals surface area (Å²) in [5.41, 5.74) is 4.45. The van der Waals surface area contributed by atoms with Crippen LogP contribution in [-0.2, 0) is 11.3 Å². The molecule has 0 aliphatic carbocycles. The smallest absolute Gasteiger partial charge is 0.239 e. The molecule has 6 nitrogen and oxygen atoms in total. The average molecular weight is 494 g/mol. The summed E-state index contributed by atoms with van der Waals surface area (Å²) >= 11 is 12.4. The van der Waals surface area contributed by atoms with Crippen LogP contribution in [-0.4, -0.2) is 46.3 Å². The van der Waals surface area contributed by atoms with Gasteiger partial charge in [-0.25, -0.2) is 0 Å². The number of piperidine rings is 1. The zero-order valence-corrected chi connectivity index (χ0v) is 20.2. The number of nitrogens with one attached hydrogen (secondary N) is 1. The van der Waals surface area contributed by atoms with Gasteiger partial charge in [0.15, 0.2) is 5.69 Å². The van der Waals surface area contributed by atoms with Gasteiger partial charge in [0, 0.05) is 28.5 Å². The largest absolute Gasteiger partial charge is 0.337 e. The van der Waals surface area contributed by atoms with E-state index in [0.717, 1.165) is 54.3 Å². The summed E-state index contributed by atoms with van der Waals surface area (Å²) < 4.78 is 1.82. The quantitative estimate of drug-likeness (QED) is 0.553. The molecule has 1 unspecified atom stereocenters. The third-order valence-electron chi connectivity index (χ3n) is 6.69. The minimum absolute atomic E-state index is 0.0431. The predicted molar refractivity (Wildman–Crippen MR) is 135 cm³/mol. The summed E-state index contributed by atoms with van der Waals surface area (Å²) in [5.74, 6) is 0.210. The van der Waals surface area contributed by atoms with E-state index in [1.165, 1.54) is 5.57 Å². The number of aromatic nitrogens is 2. The number of carbonyl (C=O) groups excluding carboxylic acids is 1. The van der Waals surface area contributed by atoms with E-state index in [4.69, 9.17) is 23.2 Å². The molecule has 0 spiro atoms. The molecule has 1 saturated heterocycles. The second-order valence-electron chi connectivity index (χ2n) is 8.85. The van der Waals surface area contributed by atoms with Gasteiger partial charge in [0.05, 0.1) is 18.1 Å². The number of hydrogen-bond acceptors (Lipinski definition) is 4. The van der Waals surface area contributed by atoms with Gasteiger partial charge in [0.2, 0.25) is 5.91 Å². The third kappa shape index (κ3) is 4.56. The summed E-state index contributed by atoms with van der Waals surface area (Å²) in [4.78, 5) is 14.8. The second kappa shape index (κ2) is 9.79. The second-order valence-corrected chi connectivity index (χ2v) is 9.70. The molecule has 2 aliphatic heterocycles. The van der Waals surface area contributed by atoms with Gasteiger partial charge in [0.25, 0.3) is 0 Å². The molecule has 3 aromatic rings. The number of halogens is 2. The van der Waals surface area contributed by atoms with Crippen molar-refractivity contribution in [3.05, 3.63) is 69.3 Å². The fraction of sp³-hybridized carbons (Fsp3) is 0.346. The van der Waals surface area contributed by atoms with Crippen LogP contribution >= 0.6 is 23.2 Å². The van der Waals surface area contributed by atoms with Crippen molar-refractivity contribution in [2.24, 2.45) is 0 Å². The monoisotopic (exact) mass is 493 g/mol. The number of rotatable bonds is 4. The van der Waals surface area contributed by atoms with Crippen molar-refractivity contribution in [2.45, 2.75) is 38.3 Å². The van der Waals surface area contributed by atoms with E-state index in [1.54, 1.807) is 12.1 Å². The van der Waals surface area contributed by atoms with E-state index in [9.17, 15) is 10.1 Å². The molecular weight excluding hydrogens is 469 g/mol. The lowest BCUT2D eigenvalue weighted by Gasteiger charge is -2.32. The SMILES string of the molecule is N#Cc1nn(Cc2ccc(Cl)cc2Cl)c2cc(C3=CCN(C(=O)C4CCCCN4)CC3)ccc12. The third-order valence-corrected chi connectivity index (χ3v) is 7.28. The topological polar surface area (TPSA) is 74.0 Å². The average Bonchev–Trinajstić information content (AvgIpc) is 3.22. The van der Waals surface area contributed by atoms with Crippen LogP contribution in [0.3, 0.4) is 0 Å². The summed E-state index contributed by atoms with van der Waals surface area (Å²) in [7, 11) is 0. The minimum Gasteiger partial charge on any atom is -0.337 e. The van der Waals surface area contributed by atoms with Crippen molar-refractivity contribution in [3.8, 4) is 6.07 Å². The Bertz CT molecular complexity index is 1320. The maximum absolute atomic E-state index is 12.8. The number of nitriles is 1. The van der Waals surface area contributed by atoms with Crippen molar-refractivity contribution in [1.29, 1.82) is 5.26 Å². The molecule has 1 amide bonds. The van der Waals surface area contributed by atoms with Gasteiger partial charge in [-0.2, -0.15) is 10.4 Å². The summed E-state index contributed by atoms with van der Waals surface area (Å²) in [6.45, 7) is 2.69. The lowest BCUT2D eigenvalue weighted by Crippen LogP contribution is -2.49. The maximum atomic E-state index is 12.8. The molecular formula is C26H25Cl2N5O. The Labute approximate surface area is 208 Å². The first-order valence-electron chi connectivity index (χ1n) is 11.6. The van der Waals surface area contributed by atoms with Crippen molar-refractivity contribution < 1.29 is 4.79 Å². The lowest BCUT2D eigenvalue weighted by molar-refractivity contribution is -0.133. The number of hydrogen-bond donors (Lipinski definition) is 1. The molecule has 1 N–H and O–H groups in total. The number of carbonyl (C=O) groups is 1. The Kier molecular flexibility index (Phi) is 6.60. The summed E-state index contributed by atoms with van der Waals surface area (Å²) in [5, 5.41) is 19.4. The summed E-state index contributed by atoms with van der Waals surface area (Å²) in [6.07, 6.45) is 6.12. The first kappa shape index (κ1) is 22.9. The van der Waals surface area contributed by atoms with E-state index in [-0.39, 0.29) is 11.9 Å². The van der Waals surface area contributed by atoms with Crippen LogP contribution in [0.25, 0.3) is 16.5 Å². The van der Waals surface area contributed by atoms with Crippen molar-refractivity contribution in [2.75, 3.05) is 19.6 Å². The van der Waals surface area contributed by atoms with Crippen LogP contribution in [0.4, 0.5) is 0 Å². The van der Waals surface area contributed by atoms with Gasteiger partial charge in [-0.05, 0) is 66.8 Å². The first-order valence-corrected chi connectivity index (χ1v) is 12.4. The van der Waals surface area contributed by atoms with E-state index in [1.807, 2.05) is 27.8 Å². The molecule has 1 fully saturated rings. The van der Waals surface area contributed by atoms with Crippen LogP contribution in [0, 0.1) is 11.3 Å². The Morgan fingerprint density at radius 3 is 2.79 bits per heavy atom. The Morgan fingerprint density at radius 2 is 2.09 bits per heavy atom. The molecule has 174 valence electrons. The van der Waals surface area contributed by atoms with Crippen molar-refractivity contribution in [1.82, 2.24) is 20.0 Å². The van der Waals surface area contributed by atoms with E-state index in [0.29, 0.717) is 35.4 Å². The normalized spacial score (nSPS) is 18.6. The van der Waals surface area contributed by atoms with E-state index >= 15 is 0 Å². The highest BCUT2D eigenvalue weighted by Gasteiger charge is 2.27. The Morgan fingerprint density at radius 1 is 1.21 bits per heavy atom. The highest BCUT2D eigenvalue weighted by Crippen LogP contribution is 2.29. The fourth-order valence-electron chi connectivity index (χ4n) is 4.80. The predicted octanol–water partition coefficient (Wildman–Crippen LogP) is 5.02. The van der Waals surface area contributed by atoms with Gasteiger partial charge >= 0.3 is 0 Å². The van der Waals surface area contributed by atoms with Crippen LogP contribution in [0.15, 0.2) is 42.5 Å². The highest BCUT2D eigenvalue weighted by molar-refractivity contribution is 6.35. The molecule has 0 radical (unpaired) electrons. The lowest BCUT2D eigenvalue weighted by atomic mass is 9.97. The van der Waals surface area contributed by atoms with Gasteiger partial charge in [-0.1, -0.05) is 47.8 Å². The van der Waals surface area contributed by atoms with Gasteiger partial charge < -0.3 is 10.2 Å². The van der Waals surface area contributed by atoms with Crippen molar-refractivity contribution >= 4 is 45.6 Å². The molecule has 5 rings (SSSR count). The number of fused-ring (bicyclic) bond motifs is 1. The number of nitrogens with zero attached hydrogens (tertiary/aromatic N) is 4. The van der Waals surface area contributed by atoms with Gasteiger partial charge in [0.1, 0.15) is 6.07 Å². The highest BCUT2D eigenvalue weighted by atomic mass is 35.5. The van der Waals surface area contributed by atoms with Crippen molar-refractivity contribution in [3.63, 3.8) is 0 Å². The van der Waals surface area contributed by atoms with Crippen LogP contribution in [0.5, 0.6) is 0 Å². The minimum atomic E-state index is -0.0431. The van der Waals surface area contributed by atoms with Gasteiger partial charge in [-0.15, -0.1) is 0 Å². The molecule has 2 aliphatic rings. The molecule has 8 heteroatoms. The molecule has 1 atom stereocenters. The summed E-state index contributed by atoms with van der Waals surface area (Å²) in [6, 6.07) is 13.6. The van der Waals surface area contributed by atoms with Crippen LogP contribution in [0.2, 0.25) is 10.0 Å². The molecule has 0 saturated carbocycles. The molecule has 3 heterocycles. The Hall–Kier alpha value is -2.85. The molecule has 1 aromatic heterocycles. The zero-order chi connectivity index (χ0) is 23.7. The molecule has 34 heavy (non-hydrogen) atoms. The van der Waals surface area contributed by atoms with E-state index < -0.39 is 0 Å². The van der Waals surface area contributed by atoms with Crippen LogP contribution < -0.4 is 5.32 Å². The molecule has 2 aromatic carbocycles.